The molecule has 0 spiro atoms. The van der Waals surface area contributed by atoms with Crippen molar-refractivity contribution < 1.29 is 5.11 Å². The van der Waals surface area contributed by atoms with Crippen molar-refractivity contribution in [3.63, 3.8) is 0 Å². The van der Waals surface area contributed by atoms with E-state index in [1.807, 2.05) is 24.4 Å². The SMILES string of the molecule is Cc1cnccc1CNCc1ccc(O)c(Br)c1. The monoisotopic (exact) mass is 306 g/mol. The number of halogens is 1. The number of pyridine rings is 1. The summed E-state index contributed by atoms with van der Waals surface area (Å²) in [5.74, 6) is 0.267. The number of aryl methyl sites for hydroxylation is 1. The molecule has 3 nitrogen and oxygen atoms in total. The zero-order valence-corrected chi connectivity index (χ0v) is 11.7. The van der Waals surface area contributed by atoms with Crippen LogP contribution in [0, 0.1) is 6.92 Å². The van der Waals surface area contributed by atoms with Crippen molar-refractivity contribution in [3.05, 3.63) is 57.8 Å². The lowest BCUT2D eigenvalue weighted by Gasteiger charge is -2.08. The van der Waals surface area contributed by atoms with Gasteiger partial charge in [-0.15, -0.1) is 0 Å². The Kier molecular flexibility index (Phi) is 4.33. The molecule has 2 aromatic rings. The minimum Gasteiger partial charge on any atom is -0.507 e. The van der Waals surface area contributed by atoms with E-state index in [1.54, 1.807) is 12.3 Å². The van der Waals surface area contributed by atoms with Gasteiger partial charge in [-0.25, -0.2) is 0 Å². The maximum Gasteiger partial charge on any atom is 0.129 e. The molecule has 2 N–H and O–H groups in total. The van der Waals surface area contributed by atoms with Crippen LogP contribution in [0.5, 0.6) is 5.75 Å². The van der Waals surface area contributed by atoms with Gasteiger partial charge in [0.15, 0.2) is 0 Å². The summed E-state index contributed by atoms with van der Waals surface area (Å²) in [5.41, 5.74) is 3.58. The van der Waals surface area contributed by atoms with Crippen LogP contribution in [0.15, 0.2) is 41.1 Å². The number of rotatable bonds is 4. The third-order valence-electron chi connectivity index (χ3n) is 2.79. The number of benzene rings is 1. The molecule has 0 aliphatic heterocycles. The van der Waals surface area contributed by atoms with E-state index in [1.165, 1.54) is 11.1 Å². The lowest BCUT2D eigenvalue weighted by molar-refractivity contribution is 0.471. The third kappa shape index (κ3) is 3.31. The molecule has 94 valence electrons. The van der Waals surface area contributed by atoms with E-state index >= 15 is 0 Å². The molecule has 0 saturated carbocycles. The van der Waals surface area contributed by atoms with Gasteiger partial charge in [-0.05, 0) is 57.7 Å². The predicted molar refractivity (Wildman–Crippen MR) is 75.3 cm³/mol. The Morgan fingerprint density at radius 1 is 1.28 bits per heavy atom. The third-order valence-corrected chi connectivity index (χ3v) is 3.43. The summed E-state index contributed by atoms with van der Waals surface area (Å²) in [6, 6.07) is 7.54. The summed E-state index contributed by atoms with van der Waals surface area (Å²) in [6.07, 6.45) is 3.68. The van der Waals surface area contributed by atoms with Crippen LogP contribution in [0.2, 0.25) is 0 Å². The molecule has 18 heavy (non-hydrogen) atoms. The van der Waals surface area contributed by atoms with Crippen molar-refractivity contribution in [2.75, 3.05) is 0 Å². The van der Waals surface area contributed by atoms with Crippen LogP contribution in [0.1, 0.15) is 16.7 Å². The second kappa shape index (κ2) is 5.98. The van der Waals surface area contributed by atoms with E-state index in [0.29, 0.717) is 0 Å². The lowest BCUT2D eigenvalue weighted by Crippen LogP contribution is -2.13. The van der Waals surface area contributed by atoms with Crippen LogP contribution < -0.4 is 5.32 Å². The second-order valence-corrected chi connectivity index (χ2v) is 5.05. The lowest BCUT2D eigenvalue weighted by atomic mass is 10.1. The van der Waals surface area contributed by atoms with E-state index in [9.17, 15) is 5.11 Å². The topological polar surface area (TPSA) is 45.2 Å². The average Bonchev–Trinajstić information content (AvgIpc) is 2.36. The molecule has 1 heterocycles. The number of hydrogen-bond donors (Lipinski definition) is 2. The van der Waals surface area contributed by atoms with Gasteiger partial charge in [-0.2, -0.15) is 0 Å². The fourth-order valence-electron chi connectivity index (χ4n) is 1.70. The Bertz CT molecular complexity index is 543. The highest BCUT2D eigenvalue weighted by Gasteiger charge is 2.00. The largest absolute Gasteiger partial charge is 0.507 e. The Morgan fingerprint density at radius 3 is 2.83 bits per heavy atom. The minimum absolute atomic E-state index is 0.267. The van der Waals surface area contributed by atoms with Crippen LogP contribution in [-0.2, 0) is 13.1 Å². The number of phenols is 1. The normalized spacial score (nSPS) is 10.6. The van der Waals surface area contributed by atoms with Gasteiger partial charge in [0.05, 0.1) is 4.47 Å². The number of nitrogens with zero attached hydrogens (tertiary/aromatic N) is 1. The zero-order chi connectivity index (χ0) is 13.0. The molecule has 0 radical (unpaired) electrons. The van der Waals surface area contributed by atoms with Crippen LogP contribution in [0.25, 0.3) is 0 Å². The fraction of sp³-hybridized carbons (Fsp3) is 0.214. The van der Waals surface area contributed by atoms with E-state index in [-0.39, 0.29) is 5.75 Å². The summed E-state index contributed by atoms with van der Waals surface area (Å²) in [4.78, 5) is 4.07. The van der Waals surface area contributed by atoms with Crippen molar-refractivity contribution in [1.29, 1.82) is 0 Å². The Balaban J connectivity index is 1.92. The molecule has 0 amide bonds. The number of nitrogens with one attached hydrogen (secondary N) is 1. The molecule has 4 heteroatoms. The molecular formula is C14H15BrN2O. The molecule has 0 fully saturated rings. The fourth-order valence-corrected chi connectivity index (χ4v) is 2.13. The van der Waals surface area contributed by atoms with Gasteiger partial charge in [0.2, 0.25) is 0 Å². The van der Waals surface area contributed by atoms with E-state index in [2.05, 4.69) is 33.2 Å². The molecule has 1 aromatic carbocycles. The number of hydrogen-bond acceptors (Lipinski definition) is 3. The van der Waals surface area contributed by atoms with Crippen LogP contribution in [-0.4, -0.2) is 10.1 Å². The van der Waals surface area contributed by atoms with Crippen LogP contribution >= 0.6 is 15.9 Å². The van der Waals surface area contributed by atoms with Gasteiger partial charge in [0.1, 0.15) is 5.75 Å². The smallest absolute Gasteiger partial charge is 0.129 e. The molecule has 0 atom stereocenters. The molecule has 0 aliphatic carbocycles. The molecule has 0 unspecified atom stereocenters. The van der Waals surface area contributed by atoms with Gasteiger partial charge in [0, 0.05) is 25.5 Å². The minimum atomic E-state index is 0.267. The summed E-state index contributed by atoms with van der Waals surface area (Å²) in [5, 5.41) is 12.8. The zero-order valence-electron chi connectivity index (χ0n) is 10.2. The van der Waals surface area contributed by atoms with Crippen molar-refractivity contribution >= 4 is 15.9 Å². The number of aromatic nitrogens is 1. The Hall–Kier alpha value is -1.39. The van der Waals surface area contributed by atoms with E-state index in [0.717, 1.165) is 23.1 Å². The van der Waals surface area contributed by atoms with Crippen molar-refractivity contribution in [1.82, 2.24) is 10.3 Å². The Morgan fingerprint density at radius 2 is 2.11 bits per heavy atom. The maximum absolute atomic E-state index is 9.41. The van der Waals surface area contributed by atoms with Crippen molar-refractivity contribution in [3.8, 4) is 5.75 Å². The molecule has 2 rings (SSSR count). The molecular weight excluding hydrogens is 292 g/mol. The highest BCUT2D eigenvalue weighted by atomic mass is 79.9. The highest BCUT2D eigenvalue weighted by Crippen LogP contribution is 2.24. The van der Waals surface area contributed by atoms with Gasteiger partial charge < -0.3 is 10.4 Å². The van der Waals surface area contributed by atoms with E-state index < -0.39 is 0 Å². The second-order valence-electron chi connectivity index (χ2n) is 4.19. The van der Waals surface area contributed by atoms with Gasteiger partial charge >= 0.3 is 0 Å². The molecule has 1 aromatic heterocycles. The quantitative estimate of drug-likeness (QED) is 0.912. The molecule has 0 bridgehead atoms. The van der Waals surface area contributed by atoms with Crippen LogP contribution in [0.4, 0.5) is 0 Å². The van der Waals surface area contributed by atoms with Crippen molar-refractivity contribution in [2.24, 2.45) is 0 Å². The van der Waals surface area contributed by atoms with Crippen LogP contribution in [0.3, 0.4) is 0 Å². The van der Waals surface area contributed by atoms with E-state index in [4.69, 9.17) is 0 Å². The molecule has 0 aliphatic rings. The summed E-state index contributed by atoms with van der Waals surface area (Å²) < 4.78 is 0.724. The summed E-state index contributed by atoms with van der Waals surface area (Å²) in [7, 11) is 0. The summed E-state index contributed by atoms with van der Waals surface area (Å²) in [6.45, 7) is 3.63. The van der Waals surface area contributed by atoms with Gasteiger partial charge in [-0.1, -0.05) is 6.07 Å². The molecule has 0 saturated heterocycles. The predicted octanol–water partition coefficient (Wildman–Crippen LogP) is 3.15. The first-order valence-electron chi connectivity index (χ1n) is 5.74. The first-order chi connectivity index (χ1) is 8.66. The standard InChI is InChI=1S/C14H15BrN2O/c1-10-7-16-5-4-12(10)9-17-8-11-2-3-14(18)13(15)6-11/h2-7,17-18H,8-9H2,1H3. The van der Waals surface area contributed by atoms with Gasteiger partial charge in [-0.3, -0.25) is 4.98 Å². The van der Waals surface area contributed by atoms with Crippen molar-refractivity contribution in [2.45, 2.75) is 20.0 Å². The first kappa shape index (κ1) is 13.1. The summed E-state index contributed by atoms with van der Waals surface area (Å²) >= 11 is 3.31. The number of aromatic hydroxyl groups is 1. The van der Waals surface area contributed by atoms with Gasteiger partial charge in [0.25, 0.3) is 0 Å². The first-order valence-corrected chi connectivity index (χ1v) is 6.53. The maximum atomic E-state index is 9.41. The Labute approximate surface area is 115 Å². The highest BCUT2D eigenvalue weighted by molar-refractivity contribution is 9.10. The number of phenolic OH excluding ortho intramolecular Hbond substituents is 1. The average molecular weight is 307 g/mol.